The van der Waals surface area contributed by atoms with Gasteiger partial charge in [-0.05, 0) is 66.2 Å². The van der Waals surface area contributed by atoms with Crippen LogP contribution in [0.4, 0.5) is 11.4 Å². The molecule has 3 atom stereocenters. The Morgan fingerprint density at radius 2 is 1.65 bits per heavy atom. The minimum absolute atomic E-state index is 0.0682. The fraction of sp³-hybridized carbons (Fsp3) is 0.143. The molecule has 3 heterocycles. The van der Waals surface area contributed by atoms with E-state index in [4.69, 9.17) is 0 Å². The number of hydrogen-bond donors (Lipinski definition) is 2. The second kappa shape index (κ2) is 10.7. The Hall–Kier alpha value is -3.19. The molecule has 0 radical (unpaired) electrons. The lowest BCUT2D eigenvalue weighted by atomic mass is 9.83. The number of aromatic nitrogens is 1. The molecule has 4 aromatic rings. The third kappa shape index (κ3) is 4.83. The number of rotatable bonds is 5. The van der Waals surface area contributed by atoms with Crippen molar-refractivity contribution in [3.05, 3.63) is 102 Å². The number of carbonyl (C=O) groups is 3. The van der Waals surface area contributed by atoms with E-state index in [1.165, 1.54) is 33.4 Å². The summed E-state index contributed by atoms with van der Waals surface area (Å²) in [6.07, 6.45) is 0. The van der Waals surface area contributed by atoms with Crippen LogP contribution < -0.4 is 15.1 Å². The number of phenolic OH excluding ortho intramolecular Hbond substituents is 1. The zero-order valence-corrected chi connectivity index (χ0v) is 25.2. The largest absolute Gasteiger partial charge is 0.508 e. The minimum Gasteiger partial charge on any atom is -0.508 e. The summed E-state index contributed by atoms with van der Waals surface area (Å²) in [4.78, 5) is 55.4. The predicted octanol–water partition coefficient (Wildman–Crippen LogP) is 5.57. The number of amides is 3. The maximum atomic E-state index is 13.9. The summed E-state index contributed by atoms with van der Waals surface area (Å²) in [5.74, 6) is -2.31. The van der Waals surface area contributed by atoms with Crippen LogP contribution >= 0.6 is 55.0 Å². The van der Waals surface area contributed by atoms with Gasteiger partial charge in [-0.2, -0.15) is 0 Å². The van der Waals surface area contributed by atoms with E-state index in [1.54, 1.807) is 36.4 Å². The first kappa shape index (κ1) is 27.0. The molecule has 12 heteroatoms. The van der Waals surface area contributed by atoms with Crippen molar-refractivity contribution in [3.63, 3.8) is 0 Å². The van der Waals surface area contributed by atoms with Gasteiger partial charge in [-0.15, -0.1) is 0 Å². The van der Waals surface area contributed by atoms with Gasteiger partial charge in [0.1, 0.15) is 17.5 Å². The van der Waals surface area contributed by atoms with Crippen molar-refractivity contribution in [2.75, 3.05) is 10.2 Å². The number of benzene rings is 3. The number of hydrogen-bond acceptors (Lipinski definition) is 7. The predicted molar refractivity (Wildman–Crippen MR) is 161 cm³/mol. The molecule has 3 amide bonds. The standard InChI is InChI=1S/C28H19Br2N3O5S2/c29-15-4-8-18(9-5-15)33-25(36)22-21(14-2-1-3-16(30)12-14)24-27(39-23(22)26(33)37)32(28(38)40-24)13-20(35)31-17-6-10-19(34)11-7-17/h1-12,21-23,34H,13H2,(H,31,35). The molecular formula is C28H19Br2N3O5S2. The monoisotopic (exact) mass is 699 g/mol. The average Bonchev–Trinajstić information content (AvgIpc) is 3.36. The molecule has 202 valence electrons. The summed E-state index contributed by atoms with van der Waals surface area (Å²) in [6, 6.07) is 20.5. The number of imide groups is 1. The first-order valence-corrected chi connectivity index (χ1v) is 15.4. The quantitative estimate of drug-likeness (QED) is 0.208. The number of fused-ring (bicyclic) bond motifs is 2. The summed E-state index contributed by atoms with van der Waals surface area (Å²) < 4.78 is 3.01. The summed E-state index contributed by atoms with van der Waals surface area (Å²) in [6.45, 7) is -0.264. The Morgan fingerprint density at radius 3 is 2.35 bits per heavy atom. The molecule has 40 heavy (non-hydrogen) atoms. The SMILES string of the molecule is O=C(Cn1c2c(sc1=O)C(c1cccc(Br)c1)C1C(=O)N(c3ccc(Br)cc3)C(=O)C1S2)Nc1ccc(O)cc1. The molecular weight excluding hydrogens is 682 g/mol. The lowest BCUT2D eigenvalue weighted by molar-refractivity contribution is -0.122. The third-order valence-electron chi connectivity index (χ3n) is 6.79. The molecule has 3 unspecified atom stereocenters. The first-order chi connectivity index (χ1) is 19.2. The van der Waals surface area contributed by atoms with Crippen molar-refractivity contribution in [2.45, 2.75) is 22.7 Å². The fourth-order valence-electron chi connectivity index (χ4n) is 5.05. The summed E-state index contributed by atoms with van der Waals surface area (Å²) >= 11 is 9.07. The van der Waals surface area contributed by atoms with Crippen LogP contribution in [-0.2, 0) is 20.9 Å². The van der Waals surface area contributed by atoms with Gasteiger partial charge in [-0.25, -0.2) is 4.90 Å². The van der Waals surface area contributed by atoms with Crippen LogP contribution in [0.3, 0.4) is 0 Å². The number of thioether (sulfide) groups is 1. The average molecular weight is 701 g/mol. The number of nitrogens with one attached hydrogen (secondary N) is 1. The van der Waals surface area contributed by atoms with Crippen molar-refractivity contribution >= 4 is 84.1 Å². The lowest BCUT2D eigenvalue weighted by Crippen LogP contribution is -2.33. The Morgan fingerprint density at radius 1 is 0.925 bits per heavy atom. The van der Waals surface area contributed by atoms with Crippen molar-refractivity contribution in [1.82, 2.24) is 4.57 Å². The van der Waals surface area contributed by atoms with Crippen molar-refractivity contribution in [1.29, 1.82) is 0 Å². The van der Waals surface area contributed by atoms with Crippen LogP contribution in [0.1, 0.15) is 16.4 Å². The zero-order valence-electron chi connectivity index (χ0n) is 20.4. The van der Waals surface area contributed by atoms with Gasteiger partial charge in [0.15, 0.2) is 0 Å². The molecule has 2 aliphatic heterocycles. The molecule has 0 spiro atoms. The van der Waals surface area contributed by atoms with E-state index < -0.39 is 23.0 Å². The third-order valence-corrected chi connectivity index (χ3v) is 10.4. The van der Waals surface area contributed by atoms with Crippen molar-refractivity contribution < 1.29 is 19.5 Å². The second-order valence-electron chi connectivity index (χ2n) is 9.30. The van der Waals surface area contributed by atoms with E-state index in [1.807, 2.05) is 24.3 Å². The highest BCUT2D eigenvalue weighted by atomic mass is 79.9. The highest BCUT2D eigenvalue weighted by Gasteiger charge is 2.56. The Kier molecular flexibility index (Phi) is 7.19. The number of carbonyl (C=O) groups excluding carboxylic acids is 3. The molecule has 6 rings (SSSR count). The van der Waals surface area contributed by atoms with E-state index >= 15 is 0 Å². The molecule has 1 fully saturated rings. The normalized spacial score (nSPS) is 19.9. The molecule has 2 aliphatic rings. The maximum Gasteiger partial charge on any atom is 0.308 e. The van der Waals surface area contributed by atoms with Gasteiger partial charge in [0.05, 0.1) is 16.6 Å². The molecule has 0 bridgehead atoms. The molecule has 3 aromatic carbocycles. The first-order valence-electron chi connectivity index (χ1n) is 12.1. The number of phenols is 1. The van der Waals surface area contributed by atoms with Gasteiger partial charge < -0.3 is 10.4 Å². The van der Waals surface area contributed by atoms with Crippen LogP contribution in [0.25, 0.3) is 0 Å². The Bertz CT molecular complexity index is 1720. The minimum atomic E-state index is -0.770. The summed E-state index contributed by atoms with van der Waals surface area (Å²) in [5.41, 5.74) is 1.75. The van der Waals surface area contributed by atoms with E-state index in [9.17, 15) is 24.3 Å². The summed E-state index contributed by atoms with van der Waals surface area (Å²) in [7, 11) is 0. The topological polar surface area (TPSA) is 109 Å². The van der Waals surface area contributed by atoms with Crippen molar-refractivity contribution in [2.24, 2.45) is 5.92 Å². The number of thiazole rings is 1. The van der Waals surface area contributed by atoms with E-state index in [2.05, 4.69) is 37.2 Å². The Balaban J connectivity index is 1.41. The number of anilines is 2. The number of nitrogens with zero attached hydrogens (tertiary/aromatic N) is 2. The fourth-order valence-corrected chi connectivity index (χ4v) is 8.50. The number of aromatic hydroxyl groups is 1. The Labute approximate surface area is 253 Å². The van der Waals surface area contributed by atoms with Crippen molar-refractivity contribution in [3.8, 4) is 5.75 Å². The van der Waals surface area contributed by atoms with Crippen LogP contribution in [-0.4, -0.2) is 32.6 Å². The summed E-state index contributed by atoms with van der Waals surface area (Å²) in [5, 5.41) is 12.0. The van der Waals surface area contributed by atoms with Gasteiger partial charge >= 0.3 is 4.87 Å². The highest BCUT2D eigenvalue weighted by molar-refractivity contribution is 9.10. The molecule has 8 nitrogen and oxygen atoms in total. The molecule has 1 saturated heterocycles. The van der Waals surface area contributed by atoms with Gasteiger partial charge in [0.25, 0.3) is 0 Å². The second-order valence-corrected chi connectivity index (χ2v) is 13.3. The zero-order chi connectivity index (χ0) is 28.1. The lowest BCUT2D eigenvalue weighted by Gasteiger charge is -2.30. The molecule has 1 aromatic heterocycles. The van der Waals surface area contributed by atoms with Crippen LogP contribution in [0.2, 0.25) is 0 Å². The maximum absolute atomic E-state index is 13.9. The molecule has 2 N–H and O–H groups in total. The molecule has 0 aliphatic carbocycles. The van der Waals surface area contributed by atoms with E-state index in [-0.39, 0.29) is 29.0 Å². The van der Waals surface area contributed by atoms with Gasteiger partial charge in [0, 0.05) is 25.4 Å². The van der Waals surface area contributed by atoms with E-state index in [0.717, 1.165) is 25.8 Å². The van der Waals surface area contributed by atoms with Crippen LogP contribution in [0, 0.1) is 5.92 Å². The van der Waals surface area contributed by atoms with E-state index in [0.29, 0.717) is 21.3 Å². The smallest absolute Gasteiger partial charge is 0.308 e. The van der Waals surface area contributed by atoms with Gasteiger partial charge in [-0.1, -0.05) is 67.1 Å². The van der Waals surface area contributed by atoms with Gasteiger partial charge in [-0.3, -0.25) is 23.7 Å². The number of halogens is 2. The van der Waals surface area contributed by atoms with Crippen LogP contribution in [0.15, 0.2) is 91.6 Å². The molecule has 0 saturated carbocycles. The van der Waals surface area contributed by atoms with Gasteiger partial charge in [0.2, 0.25) is 17.7 Å². The highest BCUT2D eigenvalue weighted by Crippen LogP contribution is 2.54. The van der Waals surface area contributed by atoms with Crippen LogP contribution in [0.5, 0.6) is 5.75 Å².